The summed E-state index contributed by atoms with van der Waals surface area (Å²) in [7, 11) is 0. The maximum Gasteiger partial charge on any atom is 0.410 e. The van der Waals surface area contributed by atoms with Crippen molar-refractivity contribution in [2.75, 3.05) is 13.1 Å². The topological polar surface area (TPSA) is 51.7 Å². The number of carbonyl (C=O) groups is 1. The first-order valence-corrected chi connectivity index (χ1v) is 8.17. The number of carbonyl (C=O) groups excluding carboxylic acids is 1. The van der Waals surface area contributed by atoms with E-state index < -0.39 is 5.60 Å². The van der Waals surface area contributed by atoms with Crippen molar-refractivity contribution in [2.24, 2.45) is 0 Å². The van der Waals surface area contributed by atoms with E-state index in [1.54, 1.807) is 17.3 Å². The number of amides is 1. The van der Waals surface area contributed by atoms with Gasteiger partial charge in [-0.15, -0.1) is 0 Å². The first-order chi connectivity index (χ1) is 10.2. The van der Waals surface area contributed by atoms with E-state index >= 15 is 0 Å². The zero-order valence-electron chi connectivity index (χ0n) is 13.6. The van der Waals surface area contributed by atoms with E-state index in [4.69, 9.17) is 9.47 Å². The van der Waals surface area contributed by atoms with Crippen molar-refractivity contribution < 1.29 is 14.3 Å². The molecule has 0 spiro atoms. The van der Waals surface area contributed by atoms with Crippen LogP contribution in [-0.4, -0.2) is 40.3 Å². The van der Waals surface area contributed by atoms with E-state index in [2.05, 4.69) is 20.9 Å². The highest BCUT2D eigenvalue weighted by Gasteiger charge is 2.38. The zero-order valence-corrected chi connectivity index (χ0v) is 15.1. The summed E-state index contributed by atoms with van der Waals surface area (Å²) in [5, 5.41) is 0. The van der Waals surface area contributed by atoms with Gasteiger partial charge in [-0.1, -0.05) is 0 Å². The number of aromatic nitrogens is 1. The third-order valence-electron chi connectivity index (χ3n) is 3.44. The Labute approximate surface area is 140 Å². The average molecular weight is 371 g/mol. The molecule has 22 heavy (non-hydrogen) atoms. The Kier molecular flexibility index (Phi) is 5.12. The summed E-state index contributed by atoms with van der Waals surface area (Å²) in [6, 6.07) is 1.98. The fourth-order valence-corrected chi connectivity index (χ4v) is 2.74. The Hall–Kier alpha value is -1.14. The molecule has 0 N–H and O–H groups in total. The molecule has 2 rings (SSSR count). The van der Waals surface area contributed by atoms with Gasteiger partial charge in [0.15, 0.2) is 0 Å². The van der Waals surface area contributed by atoms with Gasteiger partial charge in [-0.05, 0) is 61.7 Å². The summed E-state index contributed by atoms with van der Waals surface area (Å²) >= 11 is 3.40. The predicted octanol–water partition coefficient (Wildman–Crippen LogP) is 3.76. The zero-order chi connectivity index (χ0) is 16.4. The molecule has 1 aromatic heterocycles. The largest absolute Gasteiger partial charge is 0.444 e. The molecule has 0 radical (unpaired) electrons. The van der Waals surface area contributed by atoms with E-state index in [1.807, 2.05) is 33.8 Å². The number of hydrogen-bond donors (Lipinski definition) is 0. The molecular weight excluding hydrogens is 348 g/mol. The lowest BCUT2D eigenvalue weighted by molar-refractivity contribution is -0.0375. The van der Waals surface area contributed by atoms with Crippen LogP contribution in [0.4, 0.5) is 4.79 Å². The van der Waals surface area contributed by atoms with Crippen LogP contribution in [0, 0.1) is 0 Å². The molecule has 6 heteroatoms. The van der Waals surface area contributed by atoms with Gasteiger partial charge in [0.05, 0.1) is 18.8 Å². The fourth-order valence-electron chi connectivity index (χ4n) is 2.33. The minimum absolute atomic E-state index is 0.274. The third kappa shape index (κ3) is 4.95. The molecule has 1 fully saturated rings. The maximum absolute atomic E-state index is 12.1. The molecule has 1 unspecified atom stereocenters. The van der Waals surface area contributed by atoms with Crippen LogP contribution in [0.1, 0.15) is 39.7 Å². The molecule has 0 bridgehead atoms. The lowest BCUT2D eigenvalue weighted by atomic mass is 10.1. The first-order valence-electron chi connectivity index (χ1n) is 7.38. The Balaban J connectivity index is 1.89. The number of ether oxygens (including phenoxy) is 2. The second kappa shape index (κ2) is 6.54. The highest BCUT2D eigenvalue weighted by molar-refractivity contribution is 9.10. The minimum atomic E-state index is -0.473. The van der Waals surface area contributed by atoms with E-state index in [1.165, 1.54) is 0 Å². The minimum Gasteiger partial charge on any atom is -0.444 e. The summed E-state index contributed by atoms with van der Waals surface area (Å²) in [4.78, 5) is 17.9. The Morgan fingerprint density at radius 1 is 1.45 bits per heavy atom. The molecule has 1 amide bonds. The van der Waals surface area contributed by atoms with Crippen LogP contribution in [0.3, 0.4) is 0 Å². The monoisotopic (exact) mass is 370 g/mol. The van der Waals surface area contributed by atoms with Crippen molar-refractivity contribution in [3.05, 3.63) is 28.5 Å². The van der Waals surface area contributed by atoms with E-state index in [-0.39, 0.29) is 11.7 Å². The van der Waals surface area contributed by atoms with Gasteiger partial charge < -0.3 is 14.4 Å². The van der Waals surface area contributed by atoms with Crippen LogP contribution in [0.15, 0.2) is 22.9 Å². The van der Waals surface area contributed by atoms with E-state index in [0.717, 1.165) is 16.5 Å². The third-order valence-corrected chi connectivity index (χ3v) is 3.87. The number of likely N-dealkylation sites (tertiary alicyclic amines) is 1. The molecule has 0 aromatic carbocycles. The van der Waals surface area contributed by atoms with Gasteiger partial charge in [-0.25, -0.2) is 4.79 Å². The van der Waals surface area contributed by atoms with E-state index in [0.29, 0.717) is 19.7 Å². The SMILES string of the molecule is CC(C)(C)OC(=O)N1CCC(C)(OCc2cncc(Br)c2)C1. The van der Waals surface area contributed by atoms with Crippen LogP contribution in [-0.2, 0) is 16.1 Å². The summed E-state index contributed by atoms with van der Waals surface area (Å²) in [5.74, 6) is 0. The second-order valence-electron chi connectivity index (χ2n) is 6.90. The molecule has 5 nitrogen and oxygen atoms in total. The lowest BCUT2D eigenvalue weighted by Gasteiger charge is -2.27. The highest BCUT2D eigenvalue weighted by atomic mass is 79.9. The molecule has 1 atom stereocenters. The van der Waals surface area contributed by atoms with Crippen LogP contribution < -0.4 is 0 Å². The molecule has 0 aliphatic carbocycles. The van der Waals surface area contributed by atoms with Crippen LogP contribution >= 0.6 is 15.9 Å². The molecule has 1 aliphatic rings. The van der Waals surface area contributed by atoms with Gasteiger partial charge in [0.25, 0.3) is 0 Å². The molecule has 1 aliphatic heterocycles. The van der Waals surface area contributed by atoms with Crippen molar-refractivity contribution in [1.29, 1.82) is 0 Å². The average Bonchev–Trinajstić information content (AvgIpc) is 2.78. The second-order valence-corrected chi connectivity index (χ2v) is 7.82. The fraction of sp³-hybridized carbons (Fsp3) is 0.625. The highest BCUT2D eigenvalue weighted by Crippen LogP contribution is 2.27. The van der Waals surface area contributed by atoms with Crippen LogP contribution in [0.25, 0.3) is 0 Å². The molecule has 0 saturated carbocycles. The van der Waals surface area contributed by atoms with Gasteiger partial charge in [-0.3, -0.25) is 4.98 Å². The summed E-state index contributed by atoms with van der Waals surface area (Å²) in [6.45, 7) is 9.32. The predicted molar refractivity (Wildman–Crippen MR) is 87.6 cm³/mol. The summed E-state index contributed by atoms with van der Waals surface area (Å²) in [6.07, 6.45) is 4.05. The summed E-state index contributed by atoms with van der Waals surface area (Å²) in [5.41, 5.74) is 0.185. The van der Waals surface area contributed by atoms with Gasteiger partial charge in [0.2, 0.25) is 0 Å². The number of rotatable bonds is 3. The standard InChI is InChI=1S/C16H23BrN2O3/c1-15(2,3)22-14(20)19-6-5-16(4,11-19)21-10-12-7-13(17)9-18-8-12/h7-9H,5-6,10-11H2,1-4H3. The quantitative estimate of drug-likeness (QED) is 0.812. The lowest BCUT2D eigenvalue weighted by Crippen LogP contribution is -2.39. The van der Waals surface area contributed by atoms with Gasteiger partial charge >= 0.3 is 6.09 Å². The van der Waals surface area contributed by atoms with Crippen molar-refractivity contribution in [2.45, 2.75) is 51.9 Å². The van der Waals surface area contributed by atoms with Crippen LogP contribution in [0.5, 0.6) is 0 Å². The van der Waals surface area contributed by atoms with Crippen molar-refractivity contribution in [1.82, 2.24) is 9.88 Å². The first kappa shape index (κ1) is 17.2. The Bertz CT molecular complexity index is 544. The van der Waals surface area contributed by atoms with Gasteiger partial charge in [-0.2, -0.15) is 0 Å². The maximum atomic E-state index is 12.1. The normalized spacial score (nSPS) is 22.0. The summed E-state index contributed by atoms with van der Waals surface area (Å²) < 4.78 is 12.4. The smallest absolute Gasteiger partial charge is 0.410 e. The number of nitrogens with zero attached hydrogens (tertiary/aromatic N) is 2. The van der Waals surface area contributed by atoms with Crippen molar-refractivity contribution >= 4 is 22.0 Å². The molecular formula is C16H23BrN2O3. The van der Waals surface area contributed by atoms with Crippen LogP contribution in [0.2, 0.25) is 0 Å². The Morgan fingerprint density at radius 3 is 2.82 bits per heavy atom. The van der Waals surface area contributed by atoms with Gasteiger partial charge in [0, 0.05) is 23.4 Å². The molecule has 1 aromatic rings. The van der Waals surface area contributed by atoms with E-state index in [9.17, 15) is 4.79 Å². The number of pyridine rings is 1. The molecule has 2 heterocycles. The molecule has 1 saturated heterocycles. The van der Waals surface area contributed by atoms with Crippen molar-refractivity contribution in [3.63, 3.8) is 0 Å². The van der Waals surface area contributed by atoms with Crippen molar-refractivity contribution in [3.8, 4) is 0 Å². The van der Waals surface area contributed by atoms with Gasteiger partial charge in [0.1, 0.15) is 5.60 Å². The number of halogens is 1. The molecule has 122 valence electrons. The number of hydrogen-bond acceptors (Lipinski definition) is 4. The Morgan fingerprint density at radius 2 is 2.18 bits per heavy atom.